The molecule has 1 aromatic carbocycles. The van der Waals surface area contributed by atoms with Crippen molar-refractivity contribution in [1.82, 2.24) is 0 Å². The molecule has 0 unspecified atom stereocenters. The topological polar surface area (TPSA) is 0 Å². The van der Waals surface area contributed by atoms with Crippen molar-refractivity contribution in [2.24, 2.45) is 0 Å². The van der Waals surface area contributed by atoms with Gasteiger partial charge in [0, 0.05) is 5.33 Å². The average molecular weight is 237 g/mol. The molecule has 0 N–H and O–H groups in total. The van der Waals surface area contributed by atoms with Crippen LogP contribution < -0.4 is 0 Å². The molecule has 68 valence electrons. The lowest BCUT2D eigenvalue weighted by Crippen LogP contribution is -1.84. The van der Waals surface area contributed by atoms with E-state index in [0.717, 1.165) is 11.2 Å². The van der Waals surface area contributed by atoms with Crippen LogP contribution in [0.4, 0.5) is 0 Å². The molecular formula is C12H13Br. The standard InChI is InChI=1S/C12H13Br/c13-9-3-5-10-4-1-2-6-12(10)11-7-8-11/h1-6,11H,7-9H2. The van der Waals surface area contributed by atoms with Crippen molar-refractivity contribution < 1.29 is 0 Å². The Morgan fingerprint density at radius 3 is 2.77 bits per heavy atom. The summed E-state index contributed by atoms with van der Waals surface area (Å²) < 4.78 is 0. The molecule has 1 fully saturated rings. The van der Waals surface area contributed by atoms with Crippen molar-refractivity contribution in [1.29, 1.82) is 0 Å². The van der Waals surface area contributed by atoms with E-state index in [1.807, 2.05) is 0 Å². The molecule has 1 aliphatic carbocycles. The Kier molecular flexibility index (Phi) is 2.84. The van der Waals surface area contributed by atoms with Crippen LogP contribution in [0.3, 0.4) is 0 Å². The largest absolute Gasteiger partial charge is 0.0883 e. The monoisotopic (exact) mass is 236 g/mol. The highest BCUT2D eigenvalue weighted by Gasteiger charge is 2.24. The van der Waals surface area contributed by atoms with Gasteiger partial charge in [-0.25, -0.2) is 0 Å². The zero-order valence-electron chi connectivity index (χ0n) is 7.54. The van der Waals surface area contributed by atoms with Crippen LogP contribution in [0.5, 0.6) is 0 Å². The first-order chi connectivity index (χ1) is 6.42. The number of allylic oxidation sites excluding steroid dienone is 1. The summed E-state index contributed by atoms with van der Waals surface area (Å²) in [6.45, 7) is 0. The molecule has 1 aliphatic rings. The summed E-state index contributed by atoms with van der Waals surface area (Å²) in [4.78, 5) is 0. The second-order valence-electron chi connectivity index (χ2n) is 3.46. The Labute approximate surface area is 87.8 Å². The second-order valence-corrected chi connectivity index (χ2v) is 4.11. The smallest absolute Gasteiger partial charge is 0.0215 e. The summed E-state index contributed by atoms with van der Waals surface area (Å²) in [7, 11) is 0. The maximum atomic E-state index is 3.40. The summed E-state index contributed by atoms with van der Waals surface area (Å²) >= 11 is 3.40. The molecule has 2 rings (SSSR count). The van der Waals surface area contributed by atoms with E-state index in [0.29, 0.717) is 0 Å². The van der Waals surface area contributed by atoms with E-state index in [2.05, 4.69) is 52.3 Å². The predicted molar refractivity (Wildman–Crippen MR) is 61.2 cm³/mol. The van der Waals surface area contributed by atoms with E-state index < -0.39 is 0 Å². The van der Waals surface area contributed by atoms with E-state index in [1.54, 1.807) is 0 Å². The fourth-order valence-corrected chi connectivity index (χ4v) is 1.79. The molecule has 13 heavy (non-hydrogen) atoms. The Hall–Kier alpha value is -0.560. The molecule has 0 saturated heterocycles. The molecule has 0 atom stereocenters. The van der Waals surface area contributed by atoms with Gasteiger partial charge in [-0.05, 0) is 29.9 Å². The van der Waals surface area contributed by atoms with Gasteiger partial charge in [-0.2, -0.15) is 0 Å². The molecule has 0 aliphatic heterocycles. The first-order valence-corrected chi connectivity index (χ1v) is 5.85. The van der Waals surface area contributed by atoms with Crippen LogP contribution in [-0.2, 0) is 0 Å². The number of benzene rings is 1. The van der Waals surface area contributed by atoms with E-state index >= 15 is 0 Å². The molecule has 0 aromatic heterocycles. The van der Waals surface area contributed by atoms with E-state index in [4.69, 9.17) is 0 Å². The van der Waals surface area contributed by atoms with Crippen LogP contribution in [0.2, 0.25) is 0 Å². The van der Waals surface area contributed by atoms with Crippen LogP contribution in [0.25, 0.3) is 6.08 Å². The summed E-state index contributed by atoms with van der Waals surface area (Å²) in [6.07, 6.45) is 7.11. The second kappa shape index (κ2) is 4.10. The van der Waals surface area contributed by atoms with E-state index in [-0.39, 0.29) is 0 Å². The molecule has 0 bridgehead atoms. The van der Waals surface area contributed by atoms with Crippen LogP contribution in [0, 0.1) is 0 Å². The quantitative estimate of drug-likeness (QED) is 0.697. The van der Waals surface area contributed by atoms with Crippen molar-refractivity contribution in [3.8, 4) is 0 Å². The van der Waals surface area contributed by atoms with Gasteiger partial charge in [-0.15, -0.1) is 0 Å². The van der Waals surface area contributed by atoms with Crippen LogP contribution in [-0.4, -0.2) is 5.33 Å². The third-order valence-corrected chi connectivity index (χ3v) is 2.77. The fourth-order valence-electron chi connectivity index (χ4n) is 1.60. The van der Waals surface area contributed by atoms with Gasteiger partial charge in [0.2, 0.25) is 0 Å². The van der Waals surface area contributed by atoms with Gasteiger partial charge in [-0.3, -0.25) is 0 Å². The average Bonchev–Trinajstić information content (AvgIpc) is 2.98. The molecule has 1 aromatic rings. The highest BCUT2D eigenvalue weighted by Crippen LogP contribution is 2.41. The number of hydrogen-bond donors (Lipinski definition) is 0. The van der Waals surface area contributed by atoms with Crippen LogP contribution in [0.1, 0.15) is 29.9 Å². The number of halogens is 1. The SMILES string of the molecule is BrCC=Cc1ccccc1C1CC1. The fraction of sp³-hybridized carbons (Fsp3) is 0.333. The maximum absolute atomic E-state index is 3.40. The first kappa shape index (κ1) is 9.01. The summed E-state index contributed by atoms with van der Waals surface area (Å²) in [5, 5.41) is 0.937. The van der Waals surface area contributed by atoms with Gasteiger partial charge in [0.1, 0.15) is 0 Å². The summed E-state index contributed by atoms with van der Waals surface area (Å²) in [6, 6.07) is 8.71. The van der Waals surface area contributed by atoms with Gasteiger partial charge >= 0.3 is 0 Å². The summed E-state index contributed by atoms with van der Waals surface area (Å²) in [5.74, 6) is 0.844. The van der Waals surface area contributed by atoms with Crippen molar-refractivity contribution >= 4 is 22.0 Å². The minimum atomic E-state index is 0.844. The van der Waals surface area contributed by atoms with Crippen molar-refractivity contribution in [3.63, 3.8) is 0 Å². The van der Waals surface area contributed by atoms with Gasteiger partial charge in [0.25, 0.3) is 0 Å². The van der Waals surface area contributed by atoms with E-state index in [9.17, 15) is 0 Å². The van der Waals surface area contributed by atoms with Crippen LogP contribution >= 0.6 is 15.9 Å². The number of alkyl halides is 1. The highest BCUT2D eigenvalue weighted by atomic mass is 79.9. The zero-order chi connectivity index (χ0) is 9.10. The molecule has 0 amide bonds. The molecule has 0 heterocycles. The Balaban J connectivity index is 2.26. The Bertz CT molecular complexity index is 311. The normalized spacial score (nSPS) is 16.7. The van der Waals surface area contributed by atoms with Crippen molar-refractivity contribution in [2.45, 2.75) is 18.8 Å². The lowest BCUT2D eigenvalue weighted by atomic mass is 10.0. The Morgan fingerprint density at radius 2 is 2.08 bits per heavy atom. The first-order valence-electron chi connectivity index (χ1n) is 4.73. The predicted octanol–water partition coefficient (Wildman–Crippen LogP) is 3.97. The van der Waals surface area contributed by atoms with Crippen LogP contribution in [0.15, 0.2) is 30.3 Å². The van der Waals surface area contributed by atoms with Gasteiger partial charge in [0.15, 0.2) is 0 Å². The number of hydrogen-bond acceptors (Lipinski definition) is 0. The third kappa shape index (κ3) is 2.22. The van der Waals surface area contributed by atoms with Crippen molar-refractivity contribution in [2.75, 3.05) is 5.33 Å². The van der Waals surface area contributed by atoms with Gasteiger partial charge in [-0.1, -0.05) is 52.3 Å². The molecule has 0 nitrogen and oxygen atoms in total. The minimum absolute atomic E-state index is 0.844. The molecule has 0 radical (unpaired) electrons. The molecule has 0 spiro atoms. The molecule has 1 heteroatoms. The van der Waals surface area contributed by atoms with Crippen molar-refractivity contribution in [3.05, 3.63) is 41.5 Å². The highest BCUT2D eigenvalue weighted by molar-refractivity contribution is 9.09. The lowest BCUT2D eigenvalue weighted by Gasteiger charge is -2.02. The Morgan fingerprint density at radius 1 is 1.31 bits per heavy atom. The van der Waals surface area contributed by atoms with E-state index in [1.165, 1.54) is 24.0 Å². The van der Waals surface area contributed by atoms with Gasteiger partial charge < -0.3 is 0 Å². The molecular weight excluding hydrogens is 224 g/mol. The molecule has 1 saturated carbocycles. The third-order valence-electron chi connectivity index (χ3n) is 2.40. The van der Waals surface area contributed by atoms with Gasteiger partial charge in [0.05, 0.1) is 0 Å². The summed E-state index contributed by atoms with van der Waals surface area (Å²) in [5.41, 5.74) is 2.92. The maximum Gasteiger partial charge on any atom is 0.0215 e. The lowest BCUT2D eigenvalue weighted by molar-refractivity contribution is 1.12. The number of rotatable bonds is 3. The minimum Gasteiger partial charge on any atom is -0.0883 e. The zero-order valence-corrected chi connectivity index (χ0v) is 9.13.